The summed E-state index contributed by atoms with van der Waals surface area (Å²) >= 11 is 0. The van der Waals surface area contributed by atoms with Gasteiger partial charge in [-0.3, -0.25) is 9.59 Å². The monoisotopic (exact) mass is 452 g/mol. The Morgan fingerprint density at radius 2 is 1.78 bits per heavy atom. The van der Waals surface area contributed by atoms with E-state index < -0.39 is 41.1 Å². The van der Waals surface area contributed by atoms with Gasteiger partial charge in [-0.25, -0.2) is 22.9 Å². The number of anilines is 1. The molecule has 0 aromatic heterocycles. The third-order valence-corrected chi connectivity index (χ3v) is 6.79. The van der Waals surface area contributed by atoms with E-state index in [4.69, 9.17) is 0 Å². The molecule has 0 bridgehead atoms. The molecular weight excluding hydrogens is 425 g/mol. The van der Waals surface area contributed by atoms with Crippen molar-refractivity contribution in [1.82, 2.24) is 15.1 Å². The van der Waals surface area contributed by atoms with Crippen molar-refractivity contribution in [2.75, 3.05) is 31.6 Å². The number of rotatable bonds is 5. The van der Waals surface area contributed by atoms with Gasteiger partial charge in [0.05, 0.1) is 12.1 Å². The molecule has 4 rings (SSSR count). The van der Waals surface area contributed by atoms with Gasteiger partial charge in [0.1, 0.15) is 6.04 Å². The predicted molar refractivity (Wildman–Crippen MR) is 110 cm³/mol. The minimum absolute atomic E-state index is 0.259. The summed E-state index contributed by atoms with van der Waals surface area (Å²) in [5, 5.41) is 2.38. The van der Waals surface area contributed by atoms with Crippen LogP contribution in [-0.4, -0.2) is 66.4 Å². The molecule has 0 saturated carbocycles. The second-order valence-electron chi connectivity index (χ2n) is 8.88. The lowest BCUT2D eigenvalue weighted by Gasteiger charge is -2.45. The zero-order valence-corrected chi connectivity index (χ0v) is 18.0. The van der Waals surface area contributed by atoms with Crippen LogP contribution < -0.4 is 10.2 Å². The van der Waals surface area contributed by atoms with Crippen molar-refractivity contribution in [3.05, 3.63) is 29.6 Å². The van der Waals surface area contributed by atoms with Crippen LogP contribution in [0.1, 0.15) is 38.5 Å². The normalized spacial score (nSPS) is 26.1. The summed E-state index contributed by atoms with van der Waals surface area (Å²) in [5.74, 6) is -5.44. The van der Waals surface area contributed by atoms with Crippen LogP contribution in [0.15, 0.2) is 12.1 Å². The summed E-state index contributed by atoms with van der Waals surface area (Å²) in [5.41, 5.74) is -0.424. The fourth-order valence-corrected chi connectivity index (χ4v) is 5.16. The molecule has 3 saturated heterocycles. The number of nitrogens with one attached hydrogen (secondary N) is 1. The van der Waals surface area contributed by atoms with E-state index in [1.807, 2.05) is 0 Å². The standard InChI is InChI=1S/C22H27F3N4O3/c1-27(12-13-5-4-8-28-7-3-2-6-18(13)28)19(30)11-17-21(31)29(22(32)26-17)14-9-15(23)20(25)16(24)10-14/h9-10,13,17-18H,2-8,11-12H2,1H3,(H,26,32)/t13-,17-,18+/m0/s1. The molecule has 32 heavy (non-hydrogen) atoms. The average molecular weight is 452 g/mol. The molecule has 3 aliphatic rings. The fourth-order valence-electron chi connectivity index (χ4n) is 5.16. The van der Waals surface area contributed by atoms with Gasteiger partial charge in [-0.2, -0.15) is 0 Å². The predicted octanol–water partition coefficient (Wildman–Crippen LogP) is 2.64. The van der Waals surface area contributed by atoms with E-state index in [9.17, 15) is 27.6 Å². The molecule has 7 nitrogen and oxygen atoms in total. The number of urea groups is 1. The highest BCUT2D eigenvalue weighted by Gasteiger charge is 2.41. The van der Waals surface area contributed by atoms with Crippen LogP contribution in [0, 0.1) is 23.4 Å². The highest BCUT2D eigenvalue weighted by atomic mass is 19.2. The zero-order chi connectivity index (χ0) is 23.0. The first kappa shape index (κ1) is 22.6. The summed E-state index contributed by atoms with van der Waals surface area (Å²) in [6.45, 7) is 2.77. The van der Waals surface area contributed by atoms with Crippen LogP contribution in [0.5, 0.6) is 0 Å². The zero-order valence-electron chi connectivity index (χ0n) is 18.0. The first-order chi connectivity index (χ1) is 15.3. The van der Waals surface area contributed by atoms with E-state index in [1.54, 1.807) is 11.9 Å². The molecule has 174 valence electrons. The lowest BCUT2D eigenvalue weighted by molar-refractivity contribution is -0.133. The molecule has 3 aliphatic heterocycles. The molecule has 4 amide bonds. The van der Waals surface area contributed by atoms with Crippen molar-refractivity contribution >= 4 is 23.5 Å². The third-order valence-electron chi connectivity index (χ3n) is 6.79. The maximum Gasteiger partial charge on any atom is 0.329 e. The Bertz CT molecular complexity index is 903. The van der Waals surface area contributed by atoms with Crippen LogP contribution in [0.2, 0.25) is 0 Å². The van der Waals surface area contributed by atoms with Gasteiger partial charge in [0.25, 0.3) is 5.91 Å². The second kappa shape index (κ2) is 9.09. The Morgan fingerprint density at radius 3 is 2.50 bits per heavy atom. The maximum absolute atomic E-state index is 13.6. The van der Waals surface area contributed by atoms with Crippen LogP contribution in [0.4, 0.5) is 23.7 Å². The van der Waals surface area contributed by atoms with Crippen molar-refractivity contribution in [2.45, 2.75) is 50.6 Å². The highest BCUT2D eigenvalue weighted by molar-refractivity contribution is 6.22. The van der Waals surface area contributed by atoms with Gasteiger partial charge in [-0.05, 0) is 44.7 Å². The number of benzene rings is 1. The molecule has 1 aromatic rings. The molecule has 0 aliphatic carbocycles. The molecule has 0 spiro atoms. The molecule has 3 atom stereocenters. The fraction of sp³-hybridized carbons (Fsp3) is 0.591. The number of halogens is 3. The number of carbonyl (C=O) groups excluding carboxylic acids is 3. The van der Waals surface area contributed by atoms with Gasteiger partial charge in [-0.15, -0.1) is 0 Å². The Balaban J connectivity index is 1.39. The summed E-state index contributed by atoms with van der Waals surface area (Å²) in [6.07, 6.45) is 5.42. The van der Waals surface area contributed by atoms with E-state index in [0.717, 1.165) is 32.4 Å². The third kappa shape index (κ3) is 4.32. The number of fused-ring (bicyclic) bond motifs is 1. The number of carbonyl (C=O) groups is 3. The van der Waals surface area contributed by atoms with Crippen LogP contribution in [0.25, 0.3) is 0 Å². The lowest BCUT2D eigenvalue weighted by Crippen LogP contribution is -2.51. The first-order valence-electron chi connectivity index (χ1n) is 11.0. The maximum atomic E-state index is 13.6. The number of piperidine rings is 2. The summed E-state index contributed by atoms with van der Waals surface area (Å²) in [4.78, 5) is 42.4. The molecule has 10 heteroatoms. The van der Waals surface area contributed by atoms with Crippen LogP contribution in [-0.2, 0) is 9.59 Å². The lowest BCUT2D eigenvalue weighted by atomic mass is 9.83. The van der Waals surface area contributed by atoms with E-state index in [-0.39, 0.29) is 12.3 Å². The molecule has 0 unspecified atom stereocenters. The SMILES string of the molecule is CN(C[C@@H]1CCCN2CCCC[C@H]12)C(=O)C[C@@H]1NC(=O)N(c2cc(F)c(F)c(F)c2)C1=O. The minimum Gasteiger partial charge on any atom is -0.345 e. The van der Waals surface area contributed by atoms with Crippen LogP contribution in [0.3, 0.4) is 0 Å². The molecule has 1 aromatic carbocycles. The van der Waals surface area contributed by atoms with Gasteiger partial charge in [0, 0.05) is 31.8 Å². The highest BCUT2D eigenvalue weighted by Crippen LogP contribution is 2.31. The molecule has 3 heterocycles. The number of amides is 4. The Labute approximate surface area is 184 Å². The van der Waals surface area contributed by atoms with Crippen molar-refractivity contribution in [2.24, 2.45) is 5.92 Å². The van der Waals surface area contributed by atoms with Gasteiger partial charge in [0.2, 0.25) is 5.91 Å². The molecule has 0 radical (unpaired) electrons. The molecular formula is C22H27F3N4O3. The minimum atomic E-state index is -1.69. The van der Waals surface area contributed by atoms with Crippen molar-refractivity contribution in [3.8, 4) is 0 Å². The summed E-state index contributed by atoms with van der Waals surface area (Å²) in [7, 11) is 1.69. The summed E-state index contributed by atoms with van der Waals surface area (Å²) < 4.78 is 40.3. The van der Waals surface area contributed by atoms with E-state index in [1.165, 1.54) is 12.8 Å². The van der Waals surface area contributed by atoms with Crippen LogP contribution >= 0.6 is 0 Å². The van der Waals surface area contributed by atoms with Crippen molar-refractivity contribution in [3.63, 3.8) is 0 Å². The average Bonchev–Trinajstić information content (AvgIpc) is 3.04. The van der Waals surface area contributed by atoms with Gasteiger partial charge < -0.3 is 15.1 Å². The molecule has 1 N–H and O–H groups in total. The largest absolute Gasteiger partial charge is 0.345 e. The van der Waals surface area contributed by atoms with E-state index in [0.29, 0.717) is 35.5 Å². The topological polar surface area (TPSA) is 73.0 Å². The number of hydrogen-bond acceptors (Lipinski definition) is 4. The number of nitrogens with zero attached hydrogens (tertiary/aromatic N) is 3. The summed E-state index contributed by atoms with van der Waals surface area (Å²) in [6, 6.07) is -0.437. The first-order valence-corrected chi connectivity index (χ1v) is 11.0. The van der Waals surface area contributed by atoms with Crippen molar-refractivity contribution in [1.29, 1.82) is 0 Å². The molecule has 3 fully saturated rings. The van der Waals surface area contributed by atoms with E-state index in [2.05, 4.69) is 10.2 Å². The van der Waals surface area contributed by atoms with Gasteiger partial charge in [-0.1, -0.05) is 6.42 Å². The van der Waals surface area contributed by atoms with Crippen molar-refractivity contribution < 1.29 is 27.6 Å². The number of hydrogen-bond donors (Lipinski definition) is 1. The number of imide groups is 1. The Hall–Kier alpha value is -2.62. The quantitative estimate of drug-likeness (QED) is 0.551. The van der Waals surface area contributed by atoms with Gasteiger partial charge in [0.15, 0.2) is 17.5 Å². The Kier molecular flexibility index (Phi) is 6.41. The van der Waals surface area contributed by atoms with E-state index >= 15 is 0 Å². The Morgan fingerprint density at radius 1 is 1.09 bits per heavy atom. The second-order valence-corrected chi connectivity index (χ2v) is 8.88. The van der Waals surface area contributed by atoms with Gasteiger partial charge >= 0.3 is 6.03 Å². The smallest absolute Gasteiger partial charge is 0.329 e.